The van der Waals surface area contributed by atoms with Crippen LogP contribution in [0.2, 0.25) is 0 Å². The van der Waals surface area contributed by atoms with Crippen molar-refractivity contribution in [2.45, 2.75) is 19.8 Å². The van der Waals surface area contributed by atoms with Crippen molar-refractivity contribution in [3.05, 3.63) is 17.9 Å². The molecule has 1 saturated heterocycles. The molecule has 1 aromatic heterocycles. The molecule has 18 heavy (non-hydrogen) atoms. The monoisotopic (exact) mass is 252 g/mol. The van der Waals surface area contributed by atoms with Gasteiger partial charge in [0.2, 0.25) is 5.76 Å². The van der Waals surface area contributed by atoms with Crippen molar-refractivity contribution in [3.63, 3.8) is 0 Å². The van der Waals surface area contributed by atoms with Crippen LogP contribution < -0.4 is 5.32 Å². The lowest BCUT2D eigenvalue weighted by molar-refractivity contribution is 0.0663. The SMILES string of the molecule is CN1CCC(C)(CNc2ccc(C(=O)O)o2)CC1. The molecule has 100 valence electrons. The Morgan fingerprint density at radius 3 is 2.72 bits per heavy atom. The largest absolute Gasteiger partial charge is 0.475 e. The van der Waals surface area contributed by atoms with Crippen LogP contribution in [0.25, 0.3) is 0 Å². The number of aromatic carboxylic acids is 1. The first-order valence-corrected chi connectivity index (χ1v) is 6.24. The van der Waals surface area contributed by atoms with Crippen LogP contribution in [0.3, 0.4) is 0 Å². The lowest BCUT2D eigenvalue weighted by Gasteiger charge is -2.37. The number of hydrogen-bond acceptors (Lipinski definition) is 4. The molecule has 5 heteroatoms. The number of nitrogens with one attached hydrogen (secondary N) is 1. The van der Waals surface area contributed by atoms with Gasteiger partial charge in [0, 0.05) is 12.6 Å². The van der Waals surface area contributed by atoms with Crippen molar-refractivity contribution in [1.82, 2.24) is 4.90 Å². The summed E-state index contributed by atoms with van der Waals surface area (Å²) in [6.07, 6.45) is 2.28. The highest BCUT2D eigenvalue weighted by molar-refractivity contribution is 5.84. The number of carbonyl (C=O) groups is 1. The Balaban J connectivity index is 1.88. The Morgan fingerprint density at radius 1 is 1.50 bits per heavy atom. The fraction of sp³-hybridized carbons (Fsp3) is 0.615. The van der Waals surface area contributed by atoms with Crippen LogP contribution in [-0.4, -0.2) is 42.7 Å². The predicted molar refractivity (Wildman–Crippen MR) is 69.0 cm³/mol. The molecule has 0 radical (unpaired) electrons. The van der Waals surface area contributed by atoms with E-state index in [9.17, 15) is 4.79 Å². The third-order valence-corrected chi connectivity index (χ3v) is 3.70. The first-order chi connectivity index (χ1) is 8.48. The van der Waals surface area contributed by atoms with Gasteiger partial charge in [-0.15, -0.1) is 0 Å². The van der Waals surface area contributed by atoms with E-state index < -0.39 is 5.97 Å². The molecular weight excluding hydrogens is 232 g/mol. The Hall–Kier alpha value is -1.49. The Labute approximate surface area is 107 Å². The molecular formula is C13H20N2O3. The van der Waals surface area contributed by atoms with Crippen molar-refractivity contribution >= 4 is 11.9 Å². The van der Waals surface area contributed by atoms with Gasteiger partial charge in [-0.05, 0) is 44.5 Å². The average molecular weight is 252 g/mol. The maximum Gasteiger partial charge on any atom is 0.371 e. The number of piperidine rings is 1. The third kappa shape index (κ3) is 3.04. The first-order valence-electron chi connectivity index (χ1n) is 6.24. The second-order valence-corrected chi connectivity index (χ2v) is 5.44. The summed E-state index contributed by atoms with van der Waals surface area (Å²) in [6, 6.07) is 3.14. The summed E-state index contributed by atoms with van der Waals surface area (Å²) < 4.78 is 5.18. The van der Waals surface area contributed by atoms with Crippen molar-refractivity contribution in [3.8, 4) is 0 Å². The molecule has 1 fully saturated rings. The molecule has 1 aromatic rings. The van der Waals surface area contributed by atoms with Gasteiger partial charge in [0.15, 0.2) is 5.88 Å². The average Bonchev–Trinajstić information content (AvgIpc) is 2.80. The summed E-state index contributed by atoms with van der Waals surface area (Å²) in [4.78, 5) is 13.0. The lowest BCUT2D eigenvalue weighted by atomic mass is 9.80. The minimum Gasteiger partial charge on any atom is -0.475 e. The number of likely N-dealkylation sites (tertiary alicyclic amines) is 1. The van der Waals surface area contributed by atoms with E-state index in [4.69, 9.17) is 9.52 Å². The maximum atomic E-state index is 10.7. The van der Waals surface area contributed by atoms with E-state index >= 15 is 0 Å². The molecule has 2 heterocycles. The number of hydrogen-bond donors (Lipinski definition) is 2. The van der Waals surface area contributed by atoms with E-state index in [2.05, 4.69) is 24.2 Å². The van der Waals surface area contributed by atoms with Gasteiger partial charge in [0.05, 0.1) is 0 Å². The molecule has 1 aliphatic rings. The van der Waals surface area contributed by atoms with Crippen molar-refractivity contribution < 1.29 is 14.3 Å². The Kier molecular flexibility index (Phi) is 3.61. The van der Waals surface area contributed by atoms with E-state index in [-0.39, 0.29) is 11.2 Å². The fourth-order valence-corrected chi connectivity index (χ4v) is 2.18. The molecule has 0 unspecified atom stereocenters. The summed E-state index contributed by atoms with van der Waals surface area (Å²) in [5.74, 6) is -0.521. The van der Waals surface area contributed by atoms with Crippen LogP contribution >= 0.6 is 0 Å². The normalized spacial score (nSPS) is 19.7. The van der Waals surface area contributed by atoms with Gasteiger partial charge in [-0.25, -0.2) is 4.79 Å². The van der Waals surface area contributed by atoms with Crippen LogP contribution in [0.15, 0.2) is 16.5 Å². The highest BCUT2D eigenvalue weighted by Crippen LogP contribution is 2.30. The Morgan fingerprint density at radius 2 is 2.17 bits per heavy atom. The number of carboxylic acid groups (broad SMARTS) is 1. The topological polar surface area (TPSA) is 65.7 Å². The van der Waals surface area contributed by atoms with E-state index in [0.717, 1.165) is 32.5 Å². The summed E-state index contributed by atoms with van der Waals surface area (Å²) in [6.45, 7) is 5.29. The number of anilines is 1. The van der Waals surface area contributed by atoms with Gasteiger partial charge in [0.1, 0.15) is 0 Å². The van der Waals surface area contributed by atoms with Crippen LogP contribution in [-0.2, 0) is 0 Å². The zero-order valence-electron chi connectivity index (χ0n) is 10.9. The van der Waals surface area contributed by atoms with E-state index in [1.165, 1.54) is 6.07 Å². The number of rotatable bonds is 4. The van der Waals surface area contributed by atoms with Gasteiger partial charge >= 0.3 is 5.97 Å². The van der Waals surface area contributed by atoms with Crippen LogP contribution in [0, 0.1) is 5.41 Å². The van der Waals surface area contributed by atoms with Crippen molar-refractivity contribution in [2.75, 3.05) is 32.0 Å². The first kappa shape index (κ1) is 13.0. The zero-order valence-corrected chi connectivity index (χ0v) is 10.9. The van der Waals surface area contributed by atoms with Crippen LogP contribution in [0.5, 0.6) is 0 Å². The van der Waals surface area contributed by atoms with Crippen molar-refractivity contribution in [1.29, 1.82) is 0 Å². The van der Waals surface area contributed by atoms with E-state index in [1.807, 2.05) is 0 Å². The molecule has 2 rings (SSSR count). The van der Waals surface area contributed by atoms with E-state index in [1.54, 1.807) is 6.07 Å². The van der Waals surface area contributed by atoms with Crippen molar-refractivity contribution in [2.24, 2.45) is 5.41 Å². The molecule has 5 nitrogen and oxygen atoms in total. The molecule has 0 aromatic carbocycles. The summed E-state index contributed by atoms with van der Waals surface area (Å²) >= 11 is 0. The molecule has 0 amide bonds. The molecule has 0 atom stereocenters. The third-order valence-electron chi connectivity index (χ3n) is 3.70. The second-order valence-electron chi connectivity index (χ2n) is 5.44. The van der Waals surface area contributed by atoms with Crippen LogP contribution in [0.4, 0.5) is 5.88 Å². The smallest absolute Gasteiger partial charge is 0.371 e. The number of carboxylic acids is 1. The van der Waals surface area contributed by atoms with Gasteiger partial charge in [-0.3, -0.25) is 0 Å². The van der Waals surface area contributed by atoms with Gasteiger partial charge < -0.3 is 19.7 Å². The van der Waals surface area contributed by atoms with Gasteiger partial charge in [-0.2, -0.15) is 0 Å². The number of nitrogens with zero attached hydrogens (tertiary/aromatic N) is 1. The summed E-state index contributed by atoms with van der Waals surface area (Å²) in [7, 11) is 2.14. The second kappa shape index (κ2) is 5.02. The molecule has 0 aliphatic carbocycles. The molecule has 0 bridgehead atoms. The highest BCUT2D eigenvalue weighted by Gasteiger charge is 2.28. The minimum atomic E-state index is -1.03. The standard InChI is InChI=1S/C13H20N2O3/c1-13(5-7-15(2)8-6-13)9-14-11-4-3-10(18-11)12(16)17/h3-4,14H,5-9H2,1-2H3,(H,16,17). The molecule has 0 saturated carbocycles. The summed E-state index contributed by atoms with van der Waals surface area (Å²) in [5.41, 5.74) is 0.253. The molecule has 0 spiro atoms. The van der Waals surface area contributed by atoms with Crippen LogP contribution in [0.1, 0.15) is 30.3 Å². The minimum absolute atomic E-state index is 0.0222. The number of furan rings is 1. The highest BCUT2D eigenvalue weighted by atomic mass is 16.4. The predicted octanol–water partition coefficient (Wildman–Crippen LogP) is 2.12. The quantitative estimate of drug-likeness (QED) is 0.859. The molecule has 2 N–H and O–H groups in total. The Bertz CT molecular complexity index is 420. The van der Waals surface area contributed by atoms with E-state index in [0.29, 0.717) is 5.88 Å². The molecule has 1 aliphatic heterocycles. The summed E-state index contributed by atoms with van der Waals surface area (Å²) in [5, 5.41) is 12.0. The lowest BCUT2D eigenvalue weighted by Crippen LogP contribution is -2.39. The zero-order chi connectivity index (χ0) is 13.2. The fourth-order valence-electron chi connectivity index (χ4n) is 2.18. The van der Waals surface area contributed by atoms with Gasteiger partial charge in [0.25, 0.3) is 0 Å². The van der Waals surface area contributed by atoms with Gasteiger partial charge in [-0.1, -0.05) is 6.92 Å². The maximum absolute atomic E-state index is 10.7.